The minimum absolute atomic E-state index is 0.0482. The zero-order valence-corrected chi connectivity index (χ0v) is 10.7. The first kappa shape index (κ1) is 14.6. The Kier molecular flexibility index (Phi) is 5.42. The van der Waals surface area contributed by atoms with E-state index in [1.165, 1.54) is 4.90 Å². The van der Waals surface area contributed by atoms with Crippen LogP contribution in [0.25, 0.3) is 0 Å². The van der Waals surface area contributed by atoms with Crippen LogP contribution in [0.15, 0.2) is 30.3 Å². The van der Waals surface area contributed by atoms with Crippen molar-refractivity contribution in [3.8, 4) is 12.3 Å². The van der Waals surface area contributed by atoms with E-state index in [9.17, 15) is 9.59 Å². The van der Waals surface area contributed by atoms with Gasteiger partial charge in [-0.2, -0.15) is 0 Å². The van der Waals surface area contributed by atoms with Gasteiger partial charge in [-0.15, -0.1) is 12.3 Å². The second kappa shape index (κ2) is 7.07. The molecule has 1 aromatic carbocycles. The number of rotatable bonds is 5. The maximum Gasteiger partial charge on any atom is 0.327 e. The highest BCUT2D eigenvalue weighted by Crippen LogP contribution is 2.13. The Labute approximate surface area is 112 Å². The van der Waals surface area contributed by atoms with Crippen molar-refractivity contribution in [2.24, 2.45) is 0 Å². The molecule has 0 spiro atoms. The molecule has 1 aromatic rings. The summed E-state index contributed by atoms with van der Waals surface area (Å²) in [6, 6.07) is 7.46. The smallest absolute Gasteiger partial charge is 0.327 e. The third kappa shape index (κ3) is 4.03. The van der Waals surface area contributed by atoms with Gasteiger partial charge in [-0.3, -0.25) is 4.90 Å². The van der Waals surface area contributed by atoms with Crippen molar-refractivity contribution in [1.29, 1.82) is 0 Å². The molecule has 0 fully saturated rings. The van der Waals surface area contributed by atoms with Gasteiger partial charge >= 0.3 is 12.0 Å². The minimum Gasteiger partial charge on any atom is -0.480 e. The number of carbonyl (C=O) groups is 2. The Bertz CT molecular complexity index is 479. The van der Waals surface area contributed by atoms with Gasteiger partial charge in [-0.25, -0.2) is 9.59 Å². The lowest BCUT2D eigenvalue weighted by Gasteiger charge is -2.23. The molecular formula is C14H16N2O3. The molecule has 0 heterocycles. The highest BCUT2D eigenvalue weighted by molar-refractivity contribution is 5.94. The highest BCUT2D eigenvalue weighted by Gasteiger charge is 2.22. The summed E-state index contributed by atoms with van der Waals surface area (Å²) >= 11 is 0. The van der Waals surface area contributed by atoms with Crippen LogP contribution in [0.5, 0.6) is 0 Å². The van der Waals surface area contributed by atoms with Crippen molar-refractivity contribution < 1.29 is 14.7 Å². The zero-order chi connectivity index (χ0) is 14.3. The number of anilines is 1. The summed E-state index contributed by atoms with van der Waals surface area (Å²) < 4.78 is 0. The molecule has 1 unspecified atom stereocenters. The molecule has 0 radical (unpaired) electrons. The summed E-state index contributed by atoms with van der Waals surface area (Å²) in [5.41, 5.74) is 0.701. The van der Waals surface area contributed by atoms with E-state index in [1.54, 1.807) is 24.3 Å². The van der Waals surface area contributed by atoms with Crippen LogP contribution in [-0.2, 0) is 4.79 Å². The van der Waals surface area contributed by atoms with Crippen molar-refractivity contribution in [3.05, 3.63) is 30.3 Å². The molecule has 2 N–H and O–H groups in total. The van der Waals surface area contributed by atoms with Crippen molar-refractivity contribution in [3.63, 3.8) is 0 Å². The SMILES string of the molecule is C#CCC(NC(=O)N(CC)c1ccccc1)C(=O)O. The van der Waals surface area contributed by atoms with Gasteiger partial charge in [-0.05, 0) is 19.1 Å². The molecule has 5 heteroatoms. The average Bonchev–Trinajstić information content (AvgIpc) is 2.40. The molecule has 0 saturated carbocycles. The monoisotopic (exact) mass is 260 g/mol. The second-order valence-electron chi connectivity index (χ2n) is 3.83. The third-order valence-electron chi connectivity index (χ3n) is 2.55. The van der Waals surface area contributed by atoms with Crippen LogP contribution in [0.3, 0.4) is 0 Å². The standard InChI is InChI=1S/C14H16N2O3/c1-3-8-12(13(17)18)15-14(19)16(4-2)11-9-6-5-7-10-11/h1,5-7,9-10,12H,4,8H2,2H3,(H,15,19)(H,17,18). The minimum atomic E-state index is -1.14. The number of aliphatic carboxylic acids is 1. The first-order valence-electron chi connectivity index (χ1n) is 5.89. The van der Waals surface area contributed by atoms with Gasteiger partial charge in [0.25, 0.3) is 0 Å². The van der Waals surface area contributed by atoms with Crippen molar-refractivity contribution >= 4 is 17.7 Å². The van der Waals surface area contributed by atoms with Crippen LogP contribution in [0.4, 0.5) is 10.5 Å². The van der Waals surface area contributed by atoms with Crippen LogP contribution in [0, 0.1) is 12.3 Å². The summed E-state index contributed by atoms with van der Waals surface area (Å²) in [7, 11) is 0. The van der Waals surface area contributed by atoms with Gasteiger partial charge < -0.3 is 10.4 Å². The number of carboxylic acids is 1. The normalized spacial score (nSPS) is 11.2. The Morgan fingerprint density at radius 3 is 2.53 bits per heavy atom. The van der Waals surface area contributed by atoms with Crippen molar-refractivity contribution in [1.82, 2.24) is 5.32 Å². The molecule has 100 valence electrons. The van der Waals surface area contributed by atoms with Gasteiger partial charge in [0, 0.05) is 18.7 Å². The van der Waals surface area contributed by atoms with Crippen molar-refractivity contribution in [2.75, 3.05) is 11.4 Å². The van der Waals surface area contributed by atoms with E-state index < -0.39 is 18.0 Å². The van der Waals surface area contributed by atoms with Crippen LogP contribution in [-0.4, -0.2) is 29.7 Å². The molecule has 0 saturated heterocycles. The van der Waals surface area contributed by atoms with Gasteiger partial charge in [0.1, 0.15) is 6.04 Å². The molecule has 0 aliphatic heterocycles. The van der Waals surface area contributed by atoms with Gasteiger partial charge in [0.15, 0.2) is 0 Å². The number of urea groups is 1. The molecule has 1 atom stereocenters. The third-order valence-corrected chi connectivity index (χ3v) is 2.55. The fourth-order valence-electron chi connectivity index (χ4n) is 1.60. The predicted molar refractivity (Wildman–Crippen MR) is 72.9 cm³/mol. The van der Waals surface area contributed by atoms with Gasteiger partial charge in [0.2, 0.25) is 0 Å². The van der Waals surface area contributed by atoms with E-state index in [-0.39, 0.29) is 6.42 Å². The number of hydrogen-bond acceptors (Lipinski definition) is 2. The second-order valence-corrected chi connectivity index (χ2v) is 3.83. The summed E-state index contributed by atoms with van der Waals surface area (Å²) in [5.74, 6) is 1.09. The van der Waals surface area contributed by atoms with E-state index in [1.807, 2.05) is 13.0 Å². The largest absolute Gasteiger partial charge is 0.480 e. The lowest BCUT2D eigenvalue weighted by atomic mass is 10.2. The molecular weight excluding hydrogens is 244 g/mol. The maximum absolute atomic E-state index is 12.0. The number of nitrogens with one attached hydrogen (secondary N) is 1. The quantitative estimate of drug-likeness (QED) is 0.792. The Morgan fingerprint density at radius 2 is 2.05 bits per heavy atom. The summed E-state index contributed by atoms with van der Waals surface area (Å²) in [6.45, 7) is 2.24. The Balaban J connectivity index is 2.80. The Morgan fingerprint density at radius 1 is 1.42 bits per heavy atom. The topological polar surface area (TPSA) is 69.6 Å². The Hall–Kier alpha value is -2.48. The van der Waals surface area contributed by atoms with E-state index >= 15 is 0 Å². The zero-order valence-electron chi connectivity index (χ0n) is 10.7. The van der Waals surface area contributed by atoms with E-state index in [0.717, 1.165) is 0 Å². The van der Waals surface area contributed by atoms with E-state index in [0.29, 0.717) is 12.2 Å². The number of hydrogen-bond donors (Lipinski definition) is 2. The molecule has 5 nitrogen and oxygen atoms in total. The number of para-hydroxylation sites is 1. The number of carbonyl (C=O) groups excluding carboxylic acids is 1. The summed E-state index contributed by atoms with van der Waals surface area (Å²) in [5, 5.41) is 11.4. The van der Waals surface area contributed by atoms with Crippen LogP contribution in [0.2, 0.25) is 0 Å². The van der Waals surface area contributed by atoms with E-state index in [2.05, 4.69) is 11.2 Å². The lowest BCUT2D eigenvalue weighted by molar-refractivity contribution is -0.139. The lowest BCUT2D eigenvalue weighted by Crippen LogP contribution is -2.48. The van der Waals surface area contributed by atoms with Crippen molar-refractivity contribution in [2.45, 2.75) is 19.4 Å². The number of terminal acetylenes is 1. The maximum atomic E-state index is 12.0. The summed E-state index contributed by atoms with van der Waals surface area (Å²) in [4.78, 5) is 24.4. The molecule has 0 aromatic heterocycles. The number of carboxylic acid groups (broad SMARTS) is 1. The molecule has 19 heavy (non-hydrogen) atoms. The van der Waals surface area contributed by atoms with Crippen LogP contribution < -0.4 is 10.2 Å². The number of amides is 2. The number of nitrogens with zero attached hydrogens (tertiary/aromatic N) is 1. The molecule has 1 rings (SSSR count). The van der Waals surface area contributed by atoms with Gasteiger partial charge in [-0.1, -0.05) is 18.2 Å². The highest BCUT2D eigenvalue weighted by atomic mass is 16.4. The first-order valence-corrected chi connectivity index (χ1v) is 5.89. The molecule has 0 aliphatic rings. The fraction of sp³-hybridized carbons (Fsp3) is 0.286. The molecule has 0 bridgehead atoms. The summed E-state index contributed by atoms with van der Waals surface area (Å²) in [6.07, 6.45) is 5.04. The predicted octanol–water partition coefficient (Wildman–Crippen LogP) is 1.70. The molecule has 2 amide bonds. The van der Waals surface area contributed by atoms with E-state index in [4.69, 9.17) is 11.5 Å². The fourth-order valence-corrected chi connectivity index (χ4v) is 1.60. The van der Waals surface area contributed by atoms with Crippen LogP contribution >= 0.6 is 0 Å². The average molecular weight is 260 g/mol. The first-order chi connectivity index (χ1) is 9.10. The number of benzene rings is 1. The molecule has 0 aliphatic carbocycles. The van der Waals surface area contributed by atoms with Crippen LogP contribution in [0.1, 0.15) is 13.3 Å². The van der Waals surface area contributed by atoms with Gasteiger partial charge in [0.05, 0.1) is 0 Å².